The zero-order valence-corrected chi connectivity index (χ0v) is 7.76. The van der Waals surface area contributed by atoms with Crippen molar-refractivity contribution in [3.63, 3.8) is 0 Å². The molecule has 1 aromatic rings. The first-order valence-corrected chi connectivity index (χ1v) is 4.92. The number of hydrogen-bond acceptors (Lipinski definition) is 3. The van der Waals surface area contributed by atoms with Crippen LogP contribution in [0.4, 0.5) is 0 Å². The number of thiazole rings is 1. The molecule has 1 unspecified atom stereocenters. The molecule has 12 heavy (non-hydrogen) atoms. The van der Waals surface area contributed by atoms with Crippen molar-refractivity contribution in [2.75, 3.05) is 4.72 Å². The highest BCUT2D eigenvalue weighted by atomic mass is 32.2. The quantitative estimate of drug-likeness (QED) is 0.703. The summed E-state index contributed by atoms with van der Waals surface area (Å²) in [5.74, 6) is -0.966. The molecule has 1 rings (SSSR count). The van der Waals surface area contributed by atoms with Crippen LogP contribution in [0.15, 0.2) is 10.9 Å². The van der Waals surface area contributed by atoms with Gasteiger partial charge >= 0.3 is 5.97 Å². The van der Waals surface area contributed by atoms with Gasteiger partial charge in [-0.15, -0.1) is 4.72 Å². The molecule has 0 saturated heterocycles. The summed E-state index contributed by atoms with van der Waals surface area (Å²) in [5.41, 5.74) is 1.76. The highest BCUT2D eigenvalue weighted by molar-refractivity contribution is 7.30. The Morgan fingerprint density at radius 3 is 2.83 bits per heavy atom. The van der Waals surface area contributed by atoms with Crippen LogP contribution in [0, 0.1) is 0 Å². The number of nitrogens with one attached hydrogen (secondary N) is 1. The highest BCUT2D eigenvalue weighted by Crippen LogP contribution is 2.15. The van der Waals surface area contributed by atoms with Gasteiger partial charge in [0.15, 0.2) is 5.38 Å². The summed E-state index contributed by atoms with van der Waals surface area (Å²) in [6.45, 7) is 4.01. The van der Waals surface area contributed by atoms with Crippen LogP contribution in [0.5, 0.6) is 0 Å². The fourth-order valence-electron chi connectivity index (χ4n) is 0.737. The van der Waals surface area contributed by atoms with E-state index in [2.05, 4.69) is 9.71 Å². The van der Waals surface area contributed by atoms with Gasteiger partial charge in [-0.05, 0) is 13.8 Å². The van der Waals surface area contributed by atoms with Gasteiger partial charge in [0.05, 0.1) is 16.7 Å². The van der Waals surface area contributed by atoms with Crippen molar-refractivity contribution in [2.45, 2.75) is 19.9 Å². The molecule has 0 radical (unpaired) electrons. The van der Waals surface area contributed by atoms with Crippen molar-refractivity contribution in [3.05, 3.63) is 16.6 Å². The maximum atomic E-state index is 10.4. The fourth-order valence-corrected chi connectivity index (χ4v) is 2.10. The van der Waals surface area contributed by atoms with E-state index < -0.39 is 5.97 Å². The summed E-state index contributed by atoms with van der Waals surface area (Å²) >= 11 is 0. The average Bonchev–Trinajstić information content (AvgIpc) is 2.34. The normalized spacial score (nSPS) is 12.1. The van der Waals surface area contributed by atoms with Gasteiger partial charge in [0.1, 0.15) is 0 Å². The maximum Gasteiger partial charge on any atom is 0.359 e. The summed E-state index contributed by atoms with van der Waals surface area (Å²) < 4.78 is 3.17. The number of aromatic nitrogens is 1. The molecule has 5 heteroatoms. The molecule has 0 aromatic carbocycles. The van der Waals surface area contributed by atoms with Gasteiger partial charge in [0.25, 0.3) is 5.51 Å². The molecular weight excluding hydrogens is 176 g/mol. The van der Waals surface area contributed by atoms with Gasteiger partial charge in [0, 0.05) is 0 Å². The number of carboxylic acid groups (broad SMARTS) is 1. The summed E-state index contributed by atoms with van der Waals surface area (Å²) in [5, 5.41) is 10.2. The van der Waals surface area contributed by atoms with Gasteiger partial charge in [-0.3, -0.25) is 0 Å². The Kier molecular flexibility index (Phi) is 2.78. The Balaban J connectivity index is 2.71. The number of carbonyl (C=O) groups is 1. The van der Waals surface area contributed by atoms with E-state index in [1.165, 1.54) is 0 Å². The Morgan fingerprint density at radius 2 is 2.42 bits per heavy atom. The molecule has 0 bridgehead atoms. The molecule has 2 N–H and O–H groups in total. The minimum Gasteiger partial charge on any atom is -0.476 e. The lowest BCUT2D eigenvalue weighted by Crippen LogP contribution is -2.07. The lowest BCUT2D eigenvalue weighted by molar-refractivity contribution is 0.0691. The predicted octanol–water partition coefficient (Wildman–Crippen LogP) is 1.48. The smallest absolute Gasteiger partial charge is 0.359 e. The molecule has 66 valence electrons. The van der Waals surface area contributed by atoms with Crippen LogP contribution >= 0.6 is 10.7 Å². The standard InChI is InChI=1S/C7H10N2O2S/c1-5(2)9-12-3-6(7(10)11)8-4-12/h3-5,9H,1-2H3/p+1. The molecule has 1 atom stereocenters. The largest absolute Gasteiger partial charge is 0.476 e. The van der Waals surface area contributed by atoms with Crippen molar-refractivity contribution in [3.8, 4) is 0 Å². The van der Waals surface area contributed by atoms with Crippen LogP contribution in [0.25, 0.3) is 0 Å². The number of nitrogens with zero attached hydrogens (tertiary/aromatic N) is 1. The Hall–Kier alpha value is -0.940. The summed E-state index contributed by atoms with van der Waals surface area (Å²) in [4.78, 5) is 14.2. The maximum absolute atomic E-state index is 10.4. The summed E-state index contributed by atoms with van der Waals surface area (Å²) in [6.07, 6.45) is 0. The third-order valence-corrected chi connectivity index (χ3v) is 2.69. The minimum absolute atomic E-state index is 0.131. The molecule has 0 spiro atoms. The Bertz CT molecular complexity index is 283. The first-order valence-electron chi connectivity index (χ1n) is 3.57. The van der Waals surface area contributed by atoms with Crippen molar-refractivity contribution in [1.82, 2.24) is 4.98 Å². The molecule has 1 heterocycles. The summed E-state index contributed by atoms with van der Waals surface area (Å²) in [6, 6.07) is 0.337. The van der Waals surface area contributed by atoms with Gasteiger partial charge in [-0.1, -0.05) is 0 Å². The van der Waals surface area contributed by atoms with Crippen LogP contribution in [0.2, 0.25) is 0 Å². The first kappa shape index (κ1) is 9.15. The highest BCUT2D eigenvalue weighted by Gasteiger charge is 2.15. The molecule has 0 aliphatic heterocycles. The predicted molar refractivity (Wildman–Crippen MR) is 48.2 cm³/mol. The lowest BCUT2D eigenvalue weighted by Gasteiger charge is -1.94. The van der Waals surface area contributed by atoms with E-state index in [0.717, 1.165) is 0 Å². The first-order chi connectivity index (χ1) is 5.59. The van der Waals surface area contributed by atoms with E-state index in [1.54, 1.807) is 10.9 Å². The Labute approximate surface area is 73.4 Å². The fraction of sp³-hybridized carbons (Fsp3) is 0.429. The molecule has 0 fully saturated rings. The second-order valence-electron chi connectivity index (χ2n) is 2.69. The number of carboxylic acids is 1. The minimum atomic E-state index is -0.966. The van der Waals surface area contributed by atoms with Crippen molar-refractivity contribution in [1.29, 1.82) is 0 Å². The third-order valence-electron chi connectivity index (χ3n) is 1.13. The van der Waals surface area contributed by atoms with Crippen molar-refractivity contribution < 1.29 is 9.90 Å². The number of rotatable bonds is 3. The lowest BCUT2D eigenvalue weighted by atomic mass is 10.4. The van der Waals surface area contributed by atoms with E-state index >= 15 is 0 Å². The van der Waals surface area contributed by atoms with Crippen LogP contribution in [0.1, 0.15) is 24.3 Å². The van der Waals surface area contributed by atoms with Gasteiger partial charge in [-0.2, -0.15) is 4.98 Å². The van der Waals surface area contributed by atoms with E-state index in [9.17, 15) is 4.79 Å². The molecule has 0 saturated carbocycles. The molecule has 0 aliphatic rings. The average molecular weight is 187 g/mol. The second-order valence-corrected chi connectivity index (χ2v) is 4.11. The van der Waals surface area contributed by atoms with Gasteiger partial charge in [0.2, 0.25) is 5.69 Å². The van der Waals surface area contributed by atoms with Crippen LogP contribution in [0.3, 0.4) is 0 Å². The van der Waals surface area contributed by atoms with E-state index in [0.29, 0.717) is 6.04 Å². The number of aromatic carboxylic acids is 1. The number of hydrogen-bond donors (Lipinski definition) is 2. The zero-order chi connectivity index (χ0) is 9.14. The van der Waals surface area contributed by atoms with Crippen molar-refractivity contribution in [2.24, 2.45) is 0 Å². The van der Waals surface area contributed by atoms with Crippen molar-refractivity contribution >= 4 is 16.6 Å². The second kappa shape index (κ2) is 3.64. The molecular formula is C7H11N2O2S+. The van der Waals surface area contributed by atoms with Gasteiger partial charge in [-0.25, -0.2) is 4.79 Å². The Morgan fingerprint density at radius 1 is 1.75 bits per heavy atom. The van der Waals surface area contributed by atoms with E-state index in [4.69, 9.17) is 5.11 Å². The SMILES string of the molecule is CC(C)N[s+]1cnc(C(=O)O)c1. The van der Waals surface area contributed by atoms with Crippen LogP contribution < -0.4 is 4.72 Å². The van der Waals surface area contributed by atoms with E-state index in [-0.39, 0.29) is 16.3 Å². The molecule has 1 aromatic heterocycles. The molecule has 4 nitrogen and oxygen atoms in total. The molecule has 0 amide bonds. The van der Waals surface area contributed by atoms with Crippen LogP contribution in [-0.2, 0) is 0 Å². The summed E-state index contributed by atoms with van der Waals surface area (Å²) in [7, 11) is -0.293. The molecule has 0 aliphatic carbocycles. The van der Waals surface area contributed by atoms with Gasteiger partial charge < -0.3 is 5.11 Å². The zero-order valence-electron chi connectivity index (χ0n) is 6.94. The van der Waals surface area contributed by atoms with E-state index in [1.807, 2.05) is 13.8 Å². The third kappa shape index (κ3) is 2.28. The monoisotopic (exact) mass is 187 g/mol. The van der Waals surface area contributed by atoms with Crippen LogP contribution in [-0.4, -0.2) is 22.1 Å². The topological polar surface area (TPSA) is 62.2 Å².